The molecule has 1 amide bonds. The van der Waals surface area contributed by atoms with Crippen molar-refractivity contribution in [1.82, 2.24) is 10.2 Å². The van der Waals surface area contributed by atoms with Crippen LogP contribution >= 0.6 is 0 Å². The van der Waals surface area contributed by atoms with Crippen molar-refractivity contribution in [3.63, 3.8) is 0 Å². The Kier molecular flexibility index (Phi) is 4.66. The van der Waals surface area contributed by atoms with E-state index in [-0.39, 0.29) is 5.92 Å². The first-order valence-electron chi connectivity index (χ1n) is 7.70. The molecule has 0 bridgehead atoms. The molecular formula is C15H28N2O. The molecule has 2 rings (SSSR count). The molecule has 3 heteroatoms. The normalized spacial score (nSPS) is 28.1. The van der Waals surface area contributed by atoms with Crippen molar-refractivity contribution in [2.75, 3.05) is 26.2 Å². The average Bonchev–Trinajstić information content (AvgIpc) is 2.47. The lowest BCUT2D eigenvalue weighted by atomic mass is 9.74. The molecular weight excluding hydrogens is 224 g/mol. The third-order valence-electron chi connectivity index (χ3n) is 5.28. The summed E-state index contributed by atoms with van der Waals surface area (Å²) >= 11 is 0. The van der Waals surface area contributed by atoms with Gasteiger partial charge in [0.25, 0.3) is 0 Å². The van der Waals surface area contributed by atoms with Crippen LogP contribution in [0.15, 0.2) is 0 Å². The minimum Gasteiger partial charge on any atom is -0.342 e. The van der Waals surface area contributed by atoms with E-state index in [9.17, 15) is 4.79 Å². The first kappa shape index (κ1) is 13.9. The van der Waals surface area contributed by atoms with Crippen LogP contribution in [0.3, 0.4) is 0 Å². The second-order valence-electron chi connectivity index (χ2n) is 6.08. The van der Waals surface area contributed by atoms with Gasteiger partial charge in [-0.3, -0.25) is 4.79 Å². The fourth-order valence-electron chi connectivity index (χ4n) is 3.48. The lowest BCUT2D eigenvalue weighted by Crippen LogP contribution is -2.48. The standard InChI is InChI=1S/C15H28N2O/c1-3-15(4-2)7-10-17(11-8-15)14(18)13-6-5-9-16-12-13/h13,16H,3-12H2,1-2H3/t13-/m1/s1. The maximum absolute atomic E-state index is 12.4. The van der Waals surface area contributed by atoms with Gasteiger partial charge in [-0.1, -0.05) is 26.7 Å². The summed E-state index contributed by atoms with van der Waals surface area (Å²) in [4.78, 5) is 14.6. The molecule has 0 aromatic rings. The Bertz CT molecular complexity index is 270. The summed E-state index contributed by atoms with van der Waals surface area (Å²) in [5.74, 6) is 0.650. The molecule has 0 unspecified atom stereocenters. The topological polar surface area (TPSA) is 32.3 Å². The van der Waals surface area contributed by atoms with Crippen molar-refractivity contribution >= 4 is 5.91 Å². The third kappa shape index (κ3) is 2.87. The van der Waals surface area contributed by atoms with E-state index in [1.807, 2.05) is 0 Å². The van der Waals surface area contributed by atoms with Crippen molar-refractivity contribution in [3.05, 3.63) is 0 Å². The van der Waals surface area contributed by atoms with Crippen LogP contribution in [0, 0.1) is 11.3 Å². The number of amides is 1. The van der Waals surface area contributed by atoms with E-state index in [1.165, 1.54) is 25.7 Å². The lowest BCUT2D eigenvalue weighted by molar-refractivity contribution is -0.138. The van der Waals surface area contributed by atoms with Crippen molar-refractivity contribution < 1.29 is 4.79 Å². The largest absolute Gasteiger partial charge is 0.342 e. The van der Waals surface area contributed by atoms with Gasteiger partial charge < -0.3 is 10.2 Å². The summed E-state index contributed by atoms with van der Waals surface area (Å²) < 4.78 is 0. The lowest BCUT2D eigenvalue weighted by Gasteiger charge is -2.42. The molecule has 0 radical (unpaired) electrons. The molecule has 2 heterocycles. The van der Waals surface area contributed by atoms with Crippen molar-refractivity contribution in [2.45, 2.75) is 52.4 Å². The van der Waals surface area contributed by atoms with Crippen LogP contribution in [0.1, 0.15) is 52.4 Å². The number of hydrogen-bond acceptors (Lipinski definition) is 2. The molecule has 0 saturated carbocycles. The van der Waals surface area contributed by atoms with Crippen LogP contribution in [-0.4, -0.2) is 37.0 Å². The Hall–Kier alpha value is -0.570. The highest BCUT2D eigenvalue weighted by atomic mass is 16.2. The Morgan fingerprint density at radius 1 is 1.28 bits per heavy atom. The molecule has 2 aliphatic heterocycles. The molecule has 2 fully saturated rings. The number of hydrogen-bond donors (Lipinski definition) is 1. The zero-order valence-electron chi connectivity index (χ0n) is 12.0. The van der Waals surface area contributed by atoms with Gasteiger partial charge >= 0.3 is 0 Å². The minimum atomic E-state index is 0.245. The number of rotatable bonds is 3. The van der Waals surface area contributed by atoms with Gasteiger partial charge in [0.15, 0.2) is 0 Å². The van der Waals surface area contributed by atoms with Crippen LogP contribution in [0.2, 0.25) is 0 Å². The predicted molar refractivity (Wildman–Crippen MR) is 74.4 cm³/mol. The van der Waals surface area contributed by atoms with Crippen LogP contribution in [0.4, 0.5) is 0 Å². The summed E-state index contributed by atoms with van der Waals surface area (Å²) in [6, 6.07) is 0. The molecule has 1 N–H and O–H groups in total. The average molecular weight is 252 g/mol. The van der Waals surface area contributed by atoms with E-state index < -0.39 is 0 Å². The zero-order valence-corrected chi connectivity index (χ0v) is 12.0. The Labute approximate surface area is 111 Å². The van der Waals surface area contributed by atoms with Gasteiger partial charge in [-0.25, -0.2) is 0 Å². The number of carbonyl (C=O) groups is 1. The fourth-order valence-corrected chi connectivity index (χ4v) is 3.48. The summed E-state index contributed by atoms with van der Waals surface area (Å²) in [5.41, 5.74) is 0.515. The van der Waals surface area contributed by atoms with Crippen LogP contribution in [-0.2, 0) is 4.79 Å². The molecule has 3 nitrogen and oxygen atoms in total. The van der Waals surface area contributed by atoms with Crippen LogP contribution < -0.4 is 5.32 Å². The summed E-state index contributed by atoms with van der Waals surface area (Å²) in [5, 5.41) is 3.35. The molecule has 2 saturated heterocycles. The summed E-state index contributed by atoms with van der Waals surface area (Å²) in [7, 11) is 0. The van der Waals surface area contributed by atoms with Gasteiger partial charge in [0.2, 0.25) is 5.91 Å². The predicted octanol–water partition coefficient (Wildman–Crippen LogP) is 2.41. The second kappa shape index (κ2) is 6.05. The van der Waals surface area contributed by atoms with E-state index in [0.29, 0.717) is 11.3 Å². The summed E-state index contributed by atoms with van der Waals surface area (Å²) in [6.45, 7) is 8.53. The van der Waals surface area contributed by atoms with Crippen molar-refractivity contribution in [1.29, 1.82) is 0 Å². The van der Waals surface area contributed by atoms with Crippen LogP contribution in [0.25, 0.3) is 0 Å². The monoisotopic (exact) mass is 252 g/mol. The zero-order chi connectivity index (χ0) is 13.0. The minimum absolute atomic E-state index is 0.245. The number of nitrogens with one attached hydrogen (secondary N) is 1. The molecule has 0 aromatic heterocycles. The van der Waals surface area contributed by atoms with Gasteiger partial charge in [-0.2, -0.15) is 0 Å². The maximum Gasteiger partial charge on any atom is 0.226 e. The number of nitrogens with zero attached hydrogens (tertiary/aromatic N) is 1. The smallest absolute Gasteiger partial charge is 0.226 e. The highest BCUT2D eigenvalue weighted by Crippen LogP contribution is 2.38. The second-order valence-corrected chi connectivity index (χ2v) is 6.08. The van der Waals surface area contributed by atoms with Crippen molar-refractivity contribution in [2.24, 2.45) is 11.3 Å². The highest BCUT2D eigenvalue weighted by Gasteiger charge is 2.34. The Morgan fingerprint density at radius 2 is 1.94 bits per heavy atom. The SMILES string of the molecule is CCC1(CC)CCN(C(=O)[C@@H]2CCCNC2)CC1. The van der Waals surface area contributed by atoms with Crippen molar-refractivity contribution in [3.8, 4) is 0 Å². The van der Waals surface area contributed by atoms with Gasteiger partial charge in [0.05, 0.1) is 5.92 Å². The van der Waals surface area contributed by atoms with Crippen LogP contribution in [0.5, 0.6) is 0 Å². The van der Waals surface area contributed by atoms with Gasteiger partial charge in [-0.15, -0.1) is 0 Å². The molecule has 104 valence electrons. The van der Waals surface area contributed by atoms with E-state index in [0.717, 1.165) is 39.0 Å². The van der Waals surface area contributed by atoms with Gasteiger partial charge in [0, 0.05) is 19.6 Å². The quantitative estimate of drug-likeness (QED) is 0.836. The van der Waals surface area contributed by atoms with E-state index in [2.05, 4.69) is 24.1 Å². The highest BCUT2D eigenvalue weighted by molar-refractivity contribution is 5.79. The van der Waals surface area contributed by atoms with Gasteiger partial charge in [0.1, 0.15) is 0 Å². The first-order chi connectivity index (χ1) is 8.71. The number of piperidine rings is 2. The number of carbonyl (C=O) groups excluding carboxylic acids is 1. The fraction of sp³-hybridized carbons (Fsp3) is 0.933. The van der Waals surface area contributed by atoms with E-state index >= 15 is 0 Å². The van der Waals surface area contributed by atoms with Gasteiger partial charge in [-0.05, 0) is 37.6 Å². The van der Waals surface area contributed by atoms with E-state index in [4.69, 9.17) is 0 Å². The molecule has 2 aliphatic rings. The molecule has 18 heavy (non-hydrogen) atoms. The molecule has 0 spiro atoms. The summed E-state index contributed by atoms with van der Waals surface area (Å²) in [6.07, 6.45) is 7.15. The third-order valence-corrected chi connectivity index (χ3v) is 5.28. The molecule has 1 atom stereocenters. The van der Waals surface area contributed by atoms with E-state index in [1.54, 1.807) is 0 Å². The molecule has 0 aliphatic carbocycles. The Balaban J connectivity index is 1.87. The number of likely N-dealkylation sites (tertiary alicyclic amines) is 1. The maximum atomic E-state index is 12.4. The Morgan fingerprint density at radius 3 is 2.44 bits per heavy atom. The molecule has 0 aromatic carbocycles. The first-order valence-corrected chi connectivity index (χ1v) is 7.70.